The number of fused-ring (bicyclic) bond motifs is 4. The molecule has 9 aromatic carbocycles. The Balaban J connectivity index is 0.000000451. The smallest absolute Gasteiger partial charge is 0.337 e. The van der Waals surface area contributed by atoms with Crippen molar-refractivity contribution in [1.29, 1.82) is 0 Å². The third-order valence-electron chi connectivity index (χ3n) is 24.0. The van der Waals surface area contributed by atoms with Crippen molar-refractivity contribution in [2.75, 3.05) is 151 Å². The molecule has 4 amide bonds. The lowest BCUT2D eigenvalue weighted by Crippen LogP contribution is -2.42. The van der Waals surface area contributed by atoms with E-state index in [4.69, 9.17) is 46.0 Å². The number of Topliss-reactive ketones (excluding diaryl/α,β-unsaturated/α-hetero) is 1. The molecule has 7 aliphatic rings. The van der Waals surface area contributed by atoms with Crippen LogP contribution in [0.1, 0.15) is 200 Å². The average molecular weight is 2120 g/mol. The number of anilines is 2. The van der Waals surface area contributed by atoms with Crippen LogP contribution in [-0.4, -0.2) is 268 Å². The number of nitrogens with two attached hydrogens (primary N) is 3. The Labute approximate surface area is 904 Å². The standard InChI is InChI=1S/C25H32N2O4.C25H32N2O3.C19H23N3O2.C14H18O4.C12H18N2O.C8H10N2O.C5H8O2.C4H8O.CH4O.CH4.4H2S/c1-25(2,3)31-23(29)14-18-7-6-10-20(13-18)24(30)26-15-22(28)17-27-12-11-19-8-4-5-9-21(19)16-27;28-24(18-27-11-8-21-5-1-2-6-23(21)17-27)16-26-25(29)22-7-3-4-20(15-22)14-19-9-12-30-13-10-19;20-17-7-3-6-15(10-17)19(24)21-11-18(23)13-22-9-8-14-4-1-2-5-16(14)12-22;1-14(2,3)18-12(15)9-10-6-5-7-11(8-10)13(16)17-4;13-7-12(15)9-14-6-5-10-3-1-2-4-11(10)8-14;1-10-8(11)6-3-2-4-7(9)5-6;6-5-1-3-7-4-2-5;1-2-4-5-3-1;1-2;;;;;/h4-10,13,22,28H,11-12,14-17H2,1-3H3,(H,26,30);1-7,15,19,24,28H,8-14,16-18H2,(H,26,29);1-7,10,18,23H,8-9,11-13,20H2,(H,21,24);5-8H,9H2,1-4H3;1-4,12,15H,5-9,13H2;2-5H,9H2,1H3,(H,10,11);1-4H2;1-4H2;2H,1H3;1H4;4*1H2/t22-;24-;18-;;12-;;;;;;;;;/m000.0........./s1. The minimum absolute atomic E-state index is 0. The first kappa shape index (κ1) is 132. The van der Waals surface area contributed by atoms with Crippen LogP contribution in [0.15, 0.2) is 218 Å². The zero-order valence-corrected chi connectivity index (χ0v) is 90.9. The first-order chi connectivity index (χ1) is 68.7. The minimum Gasteiger partial charge on any atom is -0.465 e. The summed E-state index contributed by atoms with van der Waals surface area (Å²) in [5.41, 5.74) is 32.9. The number of hydrogen-bond acceptors (Lipinski definition) is 26. The maximum atomic E-state index is 12.6. The number of nitrogens with zero attached hydrogens (tertiary/aromatic N) is 4. The van der Waals surface area contributed by atoms with Gasteiger partial charge in [0.2, 0.25) is 0 Å². The van der Waals surface area contributed by atoms with Crippen molar-refractivity contribution in [3.63, 3.8) is 0 Å². The Morgan fingerprint density at radius 2 is 0.689 bits per heavy atom. The van der Waals surface area contributed by atoms with E-state index in [1.54, 1.807) is 104 Å². The second-order valence-corrected chi connectivity index (χ2v) is 38.2. The first-order valence-corrected chi connectivity index (χ1v) is 49.6. The quantitative estimate of drug-likeness (QED) is 0.0136. The third kappa shape index (κ3) is 50.8. The number of aliphatic hydroxyl groups is 5. The van der Waals surface area contributed by atoms with Gasteiger partial charge in [0.1, 0.15) is 17.0 Å². The van der Waals surface area contributed by atoms with Gasteiger partial charge in [-0.25, -0.2) is 4.79 Å². The van der Waals surface area contributed by atoms with E-state index in [-0.39, 0.29) is 129 Å². The lowest BCUT2D eigenvalue weighted by atomic mass is 9.92. The number of ketones is 1. The molecule has 9 aromatic rings. The number of β-amino-alcohol motifs (C(OH)–C–C–N with tert-alkyl or cyclic N) is 4. The van der Waals surface area contributed by atoms with Crippen LogP contribution < -0.4 is 38.5 Å². The molecular weight excluding hydrogens is 1960 g/mol. The van der Waals surface area contributed by atoms with Gasteiger partial charge in [-0.3, -0.25) is 53.2 Å². The van der Waals surface area contributed by atoms with Gasteiger partial charge >= 0.3 is 17.9 Å². The topological polar surface area (TPSA) is 432 Å². The lowest BCUT2D eigenvalue weighted by Gasteiger charge is -2.30. The van der Waals surface area contributed by atoms with Crippen molar-refractivity contribution in [3.05, 3.63) is 307 Å². The molecule has 7 aliphatic heterocycles. The molecule has 0 aromatic heterocycles. The van der Waals surface area contributed by atoms with Crippen molar-refractivity contribution in [3.8, 4) is 0 Å². The molecule has 15 N–H and O–H groups in total. The fourth-order valence-corrected chi connectivity index (χ4v) is 16.8. The number of nitrogens with one attached hydrogen (secondary N) is 4. The summed E-state index contributed by atoms with van der Waals surface area (Å²) >= 11 is 0. The van der Waals surface area contributed by atoms with Crippen molar-refractivity contribution in [2.45, 2.75) is 194 Å². The highest BCUT2D eigenvalue weighted by molar-refractivity contribution is 7.59. The van der Waals surface area contributed by atoms with E-state index in [1.165, 1.54) is 70.0 Å². The molecule has 0 unspecified atom stereocenters. The second-order valence-electron chi connectivity index (χ2n) is 38.2. The zero-order valence-electron chi connectivity index (χ0n) is 86.9. The molecule has 3 saturated heterocycles. The SMILES string of the molecule is C.C1CCOC1.CC(C)(C)OC(=O)Cc1cccc(C(=O)NC[C@H](O)CN2CCc3ccccc3C2)c1.CNC(=O)c1cccc(N)c1.CO.COC(=O)c1cccc(CC(=O)OC(C)(C)C)c1.NC[C@H](O)CN1CCc2ccccc2C1.Nc1cccc(C(=O)NC[C@H](O)CN2CCc3ccccc3C2)c1.O=C(NC[C@H](O)CN1CCc2ccccc2C1)c1cccc(CC2CCOCC2)c1.O=C1CCOCC1.S.S.S.S. The summed E-state index contributed by atoms with van der Waals surface area (Å²) in [6.07, 6.45) is 9.05. The van der Waals surface area contributed by atoms with E-state index in [9.17, 15) is 58.8 Å². The molecule has 0 aliphatic carbocycles. The van der Waals surface area contributed by atoms with E-state index >= 15 is 0 Å². The fourth-order valence-electron chi connectivity index (χ4n) is 16.8. The van der Waals surface area contributed by atoms with Crippen LogP contribution in [0.2, 0.25) is 0 Å². The molecule has 0 radical (unpaired) electrons. The van der Waals surface area contributed by atoms with E-state index in [2.05, 4.69) is 137 Å². The molecule has 0 spiro atoms. The number of methoxy groups -OCH3 is 1. The summed E-state index contributed by atoms with van der Waals surface area (Å²) in [5.74, 6) is -0.808. The second kappa shape index (κ2) is 71.2. The predicted molar refractivity (Wildman–Crippen MR) is 605 cm³/mol. The molecule has 0 saturated carbocycles. The molecule has 814 valence electrons. The molecule has 4 atom stereocenters. The largest absolute Gasteiger partial charge is 0.465 e. The molecule has 148 heavy (non-hydrogen) atoms. The van der Waals surface area contributed by atoms with Crippen LogP contribution in [-0.2, 0) is 114 Å². The van der Waals surface area contributed by atoms with Crippen LogP contribution in [0.25, 0.3) is 0 Å². The minimum atomic E-state index is -0.654. The number of ether oxygens (including phenoxy) is 6. The fraction of sp³-hybridized carbons (Fsp3) is 0.456. The van der Waals surface area contributed by atoms with Crippen LogP contribution in [0.4, 0.5) is 11.4 Å². The first-order valence-electron chi connectivity index (χ1n) is 49.6. The van der Waals surface area contributed by atoms with Crippen LogP contribution in [0.5, 0.6) is 0 Å². The van der Waals surface area contributed by atoms with E-state index in [1.807, 2.05) is 71.9 Å². The molecule has 0 bridgehead atoms. The number of nitrogen functional groups attached to an aromatic ring is 2. The molecule has 3 fully saturated rings. The summed E-state index contributed by atoms with van der Waals surface area (Å²) < 4.78 is 30.5. The van der Waals surface area contributed by atoms with Gasteiger partial charge in [-0.15, -0.1) is 0 Å². The van der Waals surface area contributed by atoms with Gasteiger partial charge in [0.05, 0.1) is 63.1 Å². The summed E-state index contributed by atoms with van der Waals surface area (Å²) in [6, 6.07) is 69.0. The Kier molecular flexibility index (Phi) is 63.3. The van der Waals surface area contributed by atoms with Gasteiger partial charge in [-0.05, 0) is 239 Å². The molecule has 34 heteroatoms. The van der Waals surface area contributed by atoms with E-state index in [0.29, 0.717) is 110 Å². The number of carbonyl (C=O) groups is 8. The highest BCUT2D eigenvalue weighted by atomic mass is 32.1. The van der Waals surface area contributed by atoms with Gasteiger partial charge < -0.3 is 92.4 Å². The summed E-state index contributed by atoms with van der Waals surface area (Å²) in [5, 5.41) is 58.5. The van der Waals surface area contributed by atoms with Gasteiger partial charge in [-0.2, -0.15) is 54.0 Å². The van der Waals surface area contributed by atoms with Gasteiger partial charge in [0.15, 0.2) is 0 Å². The molecule has 7 heterocycles. The van der Waals surface area contributed by atoms with Crippen LogP contribution in [0, 0.1) is 5.92 Å². The molecule has 30 nitrogen and oxygen atoms in total. The Bertz CT molecular complexity index is 5420. The number of benzene rings is 9. The Morgan fingerprint density at radius 1 is 0.392 bits per heavy atom. The summed E-state index contributed by atoms with van der Waals surface area (Å²) in [7, 11) is 3.91. The molecular formula is C114H165N11O19S4. The van der Waals surface area contributed by atoms with E-state index < -0.39 is 41.6 Å². The number of carbonyl (C=O) groups excluding carboxylic acids is 8. The maximum absolute atomic E-state index is 12.6. The zero-order chi connectivity index (χ0) is 103. The number of hydrogen-bond donors (Lipinski definition) is 12. The summed E-state index contributed by atoms with van der Waals surface area (Å²) in [6.45, 7) is 26.4. The normalized spacial score (nSPS) is 15.2. The Hall–Kier alpha value is -10.6. The van der Waals surface area contributed by atoms with Gasteiger partial charge in [-0.1, -0.05) is 153 Å². The maximum Gasteiger partial charge on any atom is 0.337 e. The highest BCUT2D eigenvalue weighted by Gasteiger charge is 2.27. The summed E-state index contributed by atoms with van der Waals surface area (Å²) in [4.78, 5) is 103. The lowest BCUT2D eigenvalue weighted by molar-refractivity contribution is -0.155. The number of rotatable bonds is 26. The van der Waals surface area contributed by atoms with Crippen molar-refractivity contribution < 1.29 is 92.3 Å². The Morgan fingerprint density at radius 3 is 1.00 bits per heavy atom. The number of amides is 4. The highest BCUT2D eigenvalue weighted by Crippen LogP contribution is 2.26. The van der Waals surface area contributed by atoms with Crippen molar-refractivity contribution in [1.82, 2.24) is 40.9 Å². The monoisotopic (exact) mass is 2120 g/mol. The predicted octanol–water partition coefficient (Wildman–Crippen LogP) is 12.2. The number of aliphatic hydroxyl groups excluding tert-OH is 5. The van der Waals surface area contributed by atoms with Gasteiger partial charge in [0.25, 0.3) is 23.6 Å². The van der Waals surface area contributed by atoms with Crippen molar-refractivity contribution >= 4 is 113 Å². The third-order valence-corrected chi connectivity index (χ3v) is 24.0. The van der Waals surface area contributed by atoms with Crippen LogP contribution in [0.3, 0.4) is 0 Å². The van der Waals surface area contributed by atoms with Crippen molar-refractivity contribution in [2.24, 2.45) is 11.7 Å². The number of esters is 3. The van der Waals surface area contributed by atoms with Crippen LogP contribution >= 0.6 is 54.0 Å². The van der Waals surface area contributed by atoms with Gasteiger partial charge in [0, 0.05) is 192 Å². The average Bonchev–Trinajstić information content (AvgIpc) is 1.31. The molecule has 16 rings (SSSR count). The van der Waals surface area contributed by atoms with E-state index in [0.717, 1.165) is 142 Å².